The SMILES string of the molecule is C[C@@H](Nc1ccc(Cl)cc1)C(=O)Nc1ccc(S(N)(=O)=O)cc1. The number of halogens is 1. The lowest BCUT2D eigenvalue weighted by molar-refractivity contribution is -0.116. The minimum absolute atomic E-state index is 0.0113. The van der Waals surface area contributed by atoms with E-state index in [4.69, 9.17) is 16.7 Å². The van der Waals surface area contributed by atoms with Gasteiger partial charge in [-0.15, -0.1) is 0 Å². The third-order valence-corrected chi connectivity index (χ3v) is 4.25. The fourth-order valence-corrected chi connectivity index (χ4v) is 2.48. The first-order valence-corrected chi connectivity index (χ1v) is 8.64. The van der Waals surface area contributed by atoms with Crippen LogP contribution in [0.25, 0.3) is 0 Å². The molecule has 0 fully saturated rings. The fourth-order valence-electron chi connectivity index (χ4n) is 1.84. The molecule has 2 rings (SSSR count). The molecule has 1 atom stereocenters. The molecule has 2 aromatic carbocycles. The Balaban J connectivity index is 1.99. The van der Waals surface area contributed by atoms with Gasteiger partial charge in [0, 0.05) is 16.4 Å². The van der Waals surface area contributed by atoms with Crippen molar-refractivity contribution in [2.24, 2.45) is 5.14 Å². The Morgan fingerprint density at radius 1 is 1.04 bits per heavy atom. The fraction of sp³-hybridized carbons (Fsp3) is 0.133. The van der Waals surface area contributed by atoms with Gasteiger partial charge in [-0.25, -0.2) is 13.6 Å². The number of primary sulfonamides is 1. The van der Waals surface area contributed by atoms with E-state index in [9.17, 15) is 13.2 Å². The first kappa shape index (κ1) is 17.3. The van der Waals surface area contributed by atoms with Crippen molar-refractivity contribution in [1.29, 1.82) is 0 Å². The van der Waals surface area contributed by atoms with Crippen molar-refractivity contribution >= 4 is 38.9 Å². The second kappa shape index (κ2) is 6.99. The lowest BCUT2D eigenvalue weighted by Gasteiger charge is -2.15. The average Bonchev–Trinajstić information content (AvgIpc) is 2.49. The number of carbonyl (C=O) groups excluding carboxylic acids is 1. The number of carbonyl (C=O) groups is 1. The number of hydrogen-bond acceptors (Lipinski definition) is 4. The summed E-state index contributed by atoms with van der Waals surface area (Å²) in [6.45, 7) is 1.71. The molecule has 6 nitrogen and oxygen atoms in total. The molecule has 0 bridgehead atoms. The molecule has 0 aromatic heterocycles. The molecular formula is C15H16ClN3O3S. The van der Waals surface area contributed by atoms with Crippen LogP contribution < -0.4 is 15.8 Å². The highest BCUT2D eigenvalue weighted by Gasteiger charge is 2.13. The van der Waals surface area contributed by atoms with Gasteiger partial charge in [0.25, 0.3) is 0 Å². The van der Waals surface area contributed by atoms with Crippen LogP contribution in [-0.4, -0.2) is 20.4 Å². The van der Waals surface area contributed by atoms with Crippen LogP contribution in [0, 0.1) is 0 Å². The Morgan fingerprint density at radius 3 is 2.09 bits per heavy atom. The summed E-state index contributed by atoms with van der Waals surface area (Å²) in [5.41, 5.74) is 1.24. The number of amides is 1. The molecule has 0 radical (unpaired) electrons. The highest BCUT2D eigenvalue weighted by molar-refractivity contribution is 7.89. The van der Waals surface area contributed by atoms with Crippen molar-refractivity contribution in [3.05, 3.63) is 53.6 Å². The van der Waals surface area contributed by atoms with E-state index >= 15 is 0 Å². The Labute approximate surface area is 139 Å². The van der Waals surface area contributed by atoms with Crippen LogP contribution in [0.1, 0.15) is 6.92 Å². The monoisotopic (exact) mass is 353 g/mol. The molecular weight excluding hydrogens is 338 g/mol. The van der Waals surface area contributed by atoms with E-state index < -0.39 is 16.1 Å². The molecule has 0 aliphatic heterocycles. The standard InChI is InChI=1S/C15H16ClN3O3S/c1-10(18-12-4-2-11(16)3-5-12)15(20)19-13-6-8-14(9-7-13)23(17,21)22/h2-10,18H,1H3,(H,19,20)(H2,17,21,22)/t10-/m1/s1. The third-order valence-electron chi connectivity index (χ3n) is 3.07. The molecule has 122 valence electrons. The van der Waals surface area contributed by atoms with Gasteiger partial charge < -0.3 is 10.6 Å². The van der Waals surface area contributed by atoms with Crippen molar-refractivity contribution < 1.29 is 13.2 Å². The van der Waals surface area contributed by atoms with Crippen molar-refractivity contribution in [3.63, 3.8) is 0 Å². The van der Waals surface area contributed by atoms with Gasteiger partial charge in [0.1, 0.15) is 6.04 Å². The summed E-state index contributed by atoms with van der Waals surface area (Å²) < 4.78 is 22.3. The molecule has 0 unspecified atom stereocenters. The number of anilines is 2. The first-order chi connectivity index (χ1) is 10.8. The van der Waals surface area contributed by atoms with Gasteiger partial charge in [-0.3, -0.25) is 4.79 Å². The third kappa shape index (κ3) is 4.95. The molecule has 0 spiro atoms. The molecule has 23 heavy (non-hydrogen) atoms. The van der Waals surface area contributed by atoms with E-state index in [-0.39, 0.29) is 10.8 Å². The van der Waals surface area contributed by atoms with Gasteiger partial charge >= 0.3 is 0 Å². The zero-order valence-corrected chi connectivity index (χ0v) is 13.9. The molecule has 8 heteroatoms. The summed E-state index contributed by atoms with van der Waals surface area (Å²) in [7, 11) is -3.74. The molecule has 0 saturated carbocycles. The second-order valence-electron chi connectivity index (χ2n) is 4.93. The summed E-state index contributed by atoms with van der Waals surface area (Å²) >= 11 is 5.80. The Morgan fingerprint density at radius 2 is 1.57 bits per heavy atom. The zero-order valence-electron chi connectivity index (χ0n) is 12.3. The number of nitrogens with one attached hydrogen (secondary N) is 2. The summed E-state index contributed by atoms with van der Waals surface area (Å²) in [4.78, 5) is 12.1. The van der Waals surface area contributed by atoms with Crippen LogP contribution in [0.2, 0.25) is 5.02 Å². The molecule has 4 N–H and O–H groups in total. The highest BCUT2D eigenvalue weighted by Crippen LogP contribution is 2.16. The number of nitrogens with two attached hydrogens (primary N) is 1. The average molecular weight is 354 g/mol. The Kier molecular flexibility index (Phi) is 5.25. The highest BCUT2D eigenvalue weighted by atomic mass is 35.5. The predicted molar refractivity (Wildman–Crippen MR) is 91.0 cm³/mol. The normalized spacial score (nSPS) is 12.5. The van der Waals surface area contributed by atoms with Crippen LogP contribution in [-0.2, 0) is 14.8 Å². The van der Waals surface area contributed by atoms with E-state index in [0.717, 1.165) is 5.69 Å². The van der Waals surface area contributed by atoms with Crippen LogP contribution in [0.5, 0.6) is 0 Å². The van der Waals surface area contributed by atoms with E-state index in [0.29, 0.717) is 10.7 Å². The number of benzene rings is 2. The summed E-state index contributed by atoms with van der Waals surface area (Å²) in [6.07, 6.45) is 0. The van der Waals surface area contributed by atoms with Gasteiger partial charge in [-0.1, -0.05) is 11.6 Å². The van der Waals surface area contributed by atoms with Crippen LogP contribution in [0.3, 0.4) is 0 Å². The molecule has 1 amide bonds. The maximum Gasteiger partial charge on any atom is 0.246 e. The van der Waals surface area contributed by atoms with E-state index in [1.807, 2.05) is 0 Å². The van der Waals surface area contributed by atoms with Gasteiger partial charge in [0.15, 0.2) is 0 Å². The Bertz CT molecular complexity index is 790. The zero-order chi connectivity index (χ0) is 17.0. The van der Waals surface area contributed by atoms with Crippen LogP contribution in [0.15, 0.2) is 53.4 Å². The number of hydrogen-bond donors (Lipinski definition) is 3. The van der Waals surface area contributed by atoms with Crippen molar-refractivity contribution in [2.45, 2.75) is 17.9 Å². The topological polar surface area (TPSA) is 101 Å². The van der Waals surface area contributed by atoms with Gasteiger partial charge in [0.05, 0.1) is 4.90 Å². The maximum absolute atomic E-state index is 12.1. The van der Waals surface area contributed by atoms with E-state index in [2.05, 4.69) is 10.6 Å². The summed E-state index contributed by atoms with van der Waals surface area (Å²) in [6, 6.07) is 12.1. The van der Waals surface area contributed by atoms with E-state index in [1.165, 1.54) is 24.3 Å². The van der Waals surface area contributed by atoms with Gasteiger partial charge in [0.2, 0.25) is 15.9 Å². The molecule has 0 heterocycles. The summed E-state index contributed by atoms with van der Waals surface area (Å²) in [5, 5.41) is 11.4. The second-order valence-corrected chi connectivity index (χ2v) is 6.93. The molecule has 0 saturated heterocycles. The minimum atomic E-state index is -3.74. The van der Waals surface area contributed by atoms with Crippen molar-refractivity contribution in [2.75, 3.05) is 10.6 Å². The quantitative estimate of drug-likeness (QED) is 0.768. The Hall–Kier alpha value is -2.09. The van der Waals surface area contributed by atoms with Gasteiger partial charge in [-0.2, -0.15) is 0 Å². The van der Waals surface area contributed by atoms with E-state index in [1.54, 1.807) is 31.2 Å². The van der Waals surface area contributed by atoms with Crippen molar-refractivity contribution in [3.8, 4) is 0 Å². The first-order valence-electron chi connectivity index (χ1n) is 6.71. The molecule has 0 aliphatic carbocycles. The molecule has 0 aliphatic rings. The summed E-state index contributed by atoms with van der Waals surface area (Å²) in [5.74, 6) is -0.261. The smallest absolute Gasteiger partial charge is 0.246 e. The van der Waals surface area contributed by atoms with Crippen LogP contribution >= 0.6 is 11.6 Å². The minimum Gasteiger partial charge on any atom is -0.374 e. The number of sulfonamides is 1. The lowest BCUT2D eigenvalue weighted by Crippen LogP contribution is -2.31. The van der Waals surface area contributed by atoms with Gasteiger partial charge in [-0.05, 0) is 55.5 Å². The lowest BCUT2D eigenvalue weighted by atomic mass is 10.2. The largest absolute Gasteiger partial charge is 0.374 e. The maximum atomic E-state index is 12.1. The molecule has 2 aromatic rings. The number of rotatable bonds is 5. The predicted octanol–water partition coefficient (Wildman–Crippen LogP) is 2.43. The van der Waals surface area contributed by atoms with Crippen LogP contribution in [0.4, 0.5) is 11.4 Å². The van der Waals surface area contributed by atoms with Crippen molar-refractivity contribution in [1.82, 2.24) is 0 Å².